The van der Waals surface area contributed by atoms with Gasteiger partial charge in [0, 0.05) is 11.1 Å². The topological polar surface area (TPSA) is 0 Å². The first kappa shape index (κ1) is 16.6. The quantitative estimate of drug-likeness (QED) is 0.338. The molecule has 94 valence electrons. The fourth-order valence-corrected chi connectivity index (χ4v) is 2.35. The van der Waals surface area contributed by atoms with E-state index in [-0.39, 0.29) is 0 Å². The maximum absolute atomic E-state index is 5.65. The molecule has 0 aliphatic heterocycles. The van der Waals surface area contributed by atoms with Crippen molar-refractivity contribution >= 4 is 78.5 Å². The number of halogens is 6. The van der Waals surface area contributed by atoms with Crippen LogP contribution in [-0.2, 0) is 0 Å². The van der Waals surface area contributed by atoms with Gasteiger partial charge in [-0.3, -0.25) is 0 Å². The first-order chi connectivity index (χ1) is 8.16. The van der Waals surface area contributed by atoms with E-state index >= 15 is 0 Å². The Kier molecular flexibility index (Phi) is 6.25. The van der Waals surface area contributed by atoms with Gasteiger partial charge in [-0.25, -0.2) is 0 Å². The Labute approximate surface area is 136 Å². The largest absolute Gasteiger partial charge is 0.422 e. The number of rotatable bonds is 0. The highest BCUT2D eigenvalue weighted by Gasteiger charge is 2.21. The summed E-state index contributed by atoms with van der Waals surface area (Å²) in [5.41, 5.74) is 6.70. The van der Waals surface area contributed by atoms with Crippen molar-refractivity contribution in [3.63, 3.8) is 0 Å². The monoisotopic (exact) mass is 390 g/mol. The molecule has 0 nitrogen and oxygen atoms in total. The molecule has 0 aliphatic carbocycles. The van der Waals surface area contributed by atoms with E-state index in [2.05, 4.69) is 22.9 Å². The molecule has 0 spiro atoms. The lowest BCUT2D eigenvalue weighted by atomic mass is 10.1. The molecular weight excluding hydrogens is 389 g/mol. The Morgan fingerprint density at radius 1 is 0.611 bits per heavy atom. The van der Waals surface area contributed by atoms with Gasteiger partial charge in [-0.2, -0.15) is 0 Å². The van der Waals surface area contributed by atoms with E-state index in [9.17, 15) is 0 Å². The van der Waals surface area contributed by atoms with Crippen molar-refractivity contribution in [2.75, 3.05) is 0 Å². The molecule has 0 radical (unpaired) electrons. The van der Waals surface area contributed by atoms with Crippen molar-refractivity contribution in [2.45, 2.75) is 0 Å². The van der Waals surface area contributed by atoms with E-state index in [1.807, 2.05) is 0 Å². The molecule has 0 unspecified atom stereocenters. The summed E-state index contributed by atoms with van der Waals surface area (Å²) in [6.07, 6.45) is 0. The SMILES string of the molecule is Cl[Si](Cl)(Cl)C#Cc1ccc(C#C[Si](Cl)(Cl)Cl)cc1. The Hall–Kier alpha value is 0.514. The van der Waals surface area contributed by atoms with E-state index in [1.165, 1.54) is 0 Å². The van der Waals surface area contributed by atoms with Gasteiger partial charge in [0.25, 0.3) is 0 Å². The Balaban J connectivity index is 2.86. The highest BCUT2D eigenvalue weighted by molar-refractivity contribution is 7.68. The standard InChI is InChI=1S/C10H4Cl6Si2/c11-17(12,13)7-5-9-1-2-10(4-3-9)6-8-18(14,15)16/h1-4H. The zero-order valence-corrected chi connectivity index (χ0v) is 15.1. The third-order valence-corrected chi connectivity index (χ3v) is 4.10. The lowest BCUT2D eigenvalue weighted by Crippen LogP contribution is -2.04. The summed E-state index contributed by atoms with van der Waals surface area (Å²) in [5.74, 6) is 5.56. The second-order valence-corrected chi connectivity index (χ2v) is 19.3. The van der Waals surface area contributed by atoms with Crippen molar-refractivity contribution in [1.29, 1.82) is 0 Å². The van der Waals surface area contributed by atoms with Crippen molar-refractivity contribution in [3.05, 3.63) is 35.4 Å². The van der Waals surface area contributed by atoms with Crippen molar-refractivity contribution < 1.29 is 0 Å². The summed E-state index contributed by atoms with van der Waals surface area (Å²) in [5, 5.41) is 0. The molecule has 0 saturated heterocycles. The van der Waals surface area contributed by atoms with Gasteiger partial charge in [0.1, 0.15) is 0 Å². The predicted molar refractivity (Wildman–Crippen MR) is 86.8 cm³/mol. The third kappa shape index (κ3) is 7.84. The molecule has 0 N–H and O–H groups in total. The molecule has 1 rings (SSSR count). The van der Waals surface area contributed by atoms with E-state index in [0.29, 0.717) is 0 Å². The first-order valence-electron chi connectivity index (χ1n) is 4.46. The fraction of sp³-hybridized carbons (Fsp3) is 0. The molecule has 0 amide bonds. The van der Waals surface area contributed by atoms with Crippen molar-refractivity contribution in [1.82, 2.24) is 0 Å². The summed E-state index contributed by atoms with van der Waals surface area (Å²) in [4.78, 5) is 0. The van der Waals surface area contributed by atoms with Crippen LogP contribution in [0.1, 0.15) is 11.1 Å². The summed E-state index contributed by atoms with van der Waals surface area (Å²) >= 11 is 33.9. The van der Waals surface area contributed by atoms with Gasteiger partial charge in [-0.05, 0) is 24.3 Å². The van der Waals surface area contributed by atoms with E-state index in [1.54, 1.807) is 24.3 Å². The minimum absolute atomic E-state index is 0.741. The van der Waals surface area contributed by atoms with Gasteiger partial charge in [-0.1, -0.05) is 22.9 Å². The van der Waals surface area contributed by atoms with Crippen LogP contribution in [0.2, 0.25) is 0 Å². The van der Waals surface area contributed by atoms with Crippen LogP contribution in [0.4, 0.5) is 0 Å². The smallest absolute Gasteiger partial charge is 0.113 e. The summed E-state index contributed by atoms with van der Waals surface area (Å²) in [7, 11) is 0. The van der Waals surface area contributed by atoms with Crippen LogP contribution in [0.5, 0.6) is 0 Å². The minimum atomic E-state index is -2.91. The minimum Gasteiger partial charge on any atom is -0.113 e. The van der Waals surface area contributed by atoms with Gasteiger partial charge >= 0.3 is 12.0 Å². The zero-order chi connectivity index (χ0) is 13.8. The third-order valence-electron chi connectivity index (χ3n) is 1.58. The van der Waals surface area contributed by atoms with Gasteiger partial charge in [0.15, 0.2) is 0 Å². The molecule has 1 aromatic carbocycles. The predicted octanol–water partition coefficient (Wildman–Crippen LogP) is 4.78. The van der Waals surface area contributed by atoms with Gasteiger partial charge in [0.05, 0.1) is 0 Å². The van der Waals surface area contributed by atoms with E-state index in [4.69, 9.17) is 66.5 Å². The first-order valence-corrected chi connectivity index (χ1v) is 14.5. The van der Waals surface area contributed by atoms with Gasteiger partial charge in [0.2, 0.25) is 0 Å². The molecule has 18 heavy (non-hydrogen) atoms. The van der Waals surface area contributed by atoms with Crippen LogP contribution >= 0.6 is 66.5 Å². The number of hydrogen-bond donors (Lipinski definition) is 0. The average molecular weight is 393 g/mol. The molecule has 0 atom stereocenters. The Morgan fingerprint density at radius 3 is 1.11 bits per heavy atom. The molecule has 8 heteroatoms. The molecule has 0 bridgehead atoms. The van der Waals surface area contributed by atoms with Crippen molar-refractivity contribution in [3.8, 4) is 22.9 Å². The molecular formula is C10H4Cl6Si2. The van der Waals surface area contributed by atoms with Crippen LogP contribution in [0.15, 0.2) is 24.3 Å². The fourth-order valence-electron chi connectivity index (χ4n) is 0.923. The van der Waals surface area contributed by atoms with Crippen molar-refractivity contribution in [2.24, 2.45) is 0 Å². The lowest BCUT2D eigenvalue weighted by Gasteiger charge is -1.96. The highest BCUT2D eigenvalue weighted by Crippen LogP contribution is 2.19. The maximum Gasteiger partial charge on any atom is 0.422 e. The molecule has 0 heterocycles. The van der Waals surface area contributed by atoms with E-state index in [0.717, 1.165) is 11.1 Å². The molecule has 0 aromatic heterocycles. The highest BCUT2D eigenvalue weighted by atomic mass is 35.8. The summed E-state index contributed by atoms with van der Waals surface area (Å²) in [6, 6.07) is 1.24. The van der Waals surface area contributed by atoms with Crippen LogP contribution in [-0.4, -0.2) is 12.0 Å². The lowest BCUT2D eigenvalue weighted by molar-refractivity contribution is 1.60. The van der Waals surface area contributed by atoms with Crippen LogP contribution < -0.4 is 0 Å². The van der Waals surface area contributed by atoms with Crippen LogP contribution in [0, 0.1) is 22.9 Å². The van der Waals surface area contributed by atoms with Crippen LogP contribution in [0.25, 0.3) is 0 Å². The summed E-state index contributed by atoms with van der Waals surface area (Å²) < 4.78 is 0. The average Bonchev–Trinajstić information content (AvgIpc) is 2.23. The number of benzene rings is 1. The van der Waals surface area contributed by atoms with E-state index < -0.39 is 12.0 Å². The maximum atomic E-state index is 5.65. The van der Waals surface area contributed by atoms with Gasteiger partial charge in [-0.15, -0.1) is 66.5 Å². The summed E-state index contributed by atoms with van der Waals surface area (Å²) in [6.45, 7) is 0. The Bertz CT molecular complexity index is 482. The molecule has 0 aliphatic rings. The molecule has 1 aromatic rings. The molecule has 0 saturated carbocycles. The normalized spacial score (nSPS) is 11.0. The zero-order valence-electron chi connectivity index (χ0n) is 8.58. The number of hydrogen-bond acceptors (Lipinski definition) is 0. The molecule has 0 fully saturated rings. The Morgan fingerprint density at radius 2 is 0.889 bits per heavy atom. The second kappa shape index (κ2) is 6.79. The van der Waals surface area contributed by atoms with Crippen LogP contribution in [0.3, 0.4) is 0 Å². The second-order valence-electron chi connectivity index (χ2n) is 3.07. The van der Waals surface area contributed by atoms with Gasteiger partial charge < -0.3 is 0 Å².